The van der Waals surface area contributed by atoms with Crippen molar-refractivity contribution in [3.05, 3.63) is 12.2 Å². The third-order valence-corrected chi connectivity index (χ3v) is 3.87. The zero-order chi connectivity index (χ0) is 11.4. The van der Waals surface area contributed by atoms with E-state index in [1.165, 1.54) is 0 Å². The fourth-order valence-electron chi connectivity index (χ4n) is 2.80. The van der Waals surface area contributed by atoms with E-state index in [0.29, 0.717) is 11.6 Å². The van der Waals surface area contributed by atoms with E-state index in [2.05, 4.69) is 12.2 Å². The second-order valence-corrected chi connectivity index (χ2v) is 5.05. The van der Waals surface area contributed by atoms with Gasteiger partial charge >= 0.3 is 0 Å². The number of carbonyl (C=O) groups is 2. The number of ketones is 2. The fraction of sp³-hybridized carbons (Fsp3) is 0.714. The number of Topliss-reactive ketones (excluding diaryl/α,β-unsaturated/α-hetero) is 2. The van der Waals surface area contributed by atoms with Gasteiger partial charge in [-0.2, -0.15) is 0 Å². The molecule has 2 saturated carbocycles. The lowest BCUT2D eigenvalue weighted by Gasteiger charge is -2.04. The highest BCUT2D eigenvalue weighted by atomic mass is 16.1. The molecule has 2 fully saturated rings. The van der Waals surface area contributed by atoms with Crippen LogP contribution in [-0.4, -0.2) is 11.6 Å². The first-order chi connectivity index (χ1) is 7.77. The summed E-state index contributed by atoms with van der Waals surface area (Å²) in [5.74, 6) is 1.41. The predicted molar refractivity (Wildman–Crippen MR) is 63.1 cm³/mol. The third kappa shape index (κ3) is 2.81. The average Bonchev–Trinajstić information content (AvgIpc) is 2.84. The van der Waals surface area contributed by atoms with Crippen molar-refractivity contribution in [3.63, 3.8) is 0 Å². The molecule has 0 aromatic rings. The van der Waals surface area contributed by atoms with Crippen LogP contribution in [0.25, 0.3) is 0 Å². The fourth-order valence-corrected chi connectivity index (χ4v) is 2.80. The topological polar surface area (TPSA) is 34.1 Å². The van der Waals surface area contributed by atoms with Crippen molar-refractivity contribution in [3.8, 4) is 0 Å². The molecule has 0 aliphatic heterocycles. The Labute approximate surface area is 97.1 Å². The highest BCUT2D eigenvalue weighted by Gasteiger charge is 2.24. The molecule has 0 aromatic carbocycles. The van der Waals surface area contributed by atoms with Gasteiger partial charge in [0.05, 0.1) is 0 Å². The maximum Gasteiger partial charge on any atom is 0.136 e. The summed E-state index contributed by atoms with van der Waals surface area (Å²) >= 11 is 0. The quantitative estimate of drug-likeness (QED) is 0.682. The van der Waals surface area contributed by atoms with Crippen LogP contribution in [0.4, 0.5) is 0 Å². The van der Waals surface area contributed by atoms with Gasteiger partial charge in [-0.05, 0) is 38.5 Å². The molecule has 0 radical (unpaired) electrons. The van der Waals surface area contributed by atoms with Crippen LogP contribution in [-0.2, 0) is 9.59 Å². The Kier molecular flexibility index (Phi) is 3.92. The molecular formula is C14H20O2. The Morgan fingerprint density at radius 2 is 1.31 bits per heavy atom. The first-order valence-corrected chi connectivity index (χ1v) is 6.48. The summed E-state index contributed by atoms with van der Waals surface area (Å²) < 4.78 is 0. The summed E-state index contributed by atoms with van der Waals surface area (Å²) in [5.41, 5.74) is 0. The Morgan fingerprint density at radius 3 is 1.62 bits per heavy atom. The second-order valence-electron chi connectivity index (χ2n) is 5.05. The normalized spacial score (nSPS) is 30.8. The summed E-state index contributed by atoms with van der Waals surface area (Å²) in [5, 5.41) is 0. The summed E-state index contributed by atoms with van der Waals surface area (Å²) in [6.45, 7) is 0. The van der Waals surface area contributed by atoms with E-state index in [0.717, 1.165) is 51.4 Å². The monoisotopic (exact) mass is 220 g/mol. The maximum absolute atomic E-state index is 11.4. The van der Waals surface area contributed by atoms with E-state index >= 15 is 0 Å². The molecule has 2 aliphatic carbocycles. The van der Waals surface area contributed by atoms with E-state index in [9.17, 15) is 9.59 Å². The molecule has 2 unspecified atom stereocenters. The van der Waals surface area contributed by atoms with E-state index in [-0.39, 0.29) is 11.8 Å². The molecule has 2 rings (SSSR count). The molecular weight excluding hydrogens is 200 g/mol. The number of hydrogen-bond acceptors (Lipinski definition) is 2. The molecule has 2 heteroatoms. The van der Waals surface area contributed by atoms with Crippen molar-refractivity contribution >= 4 is 11.6 Å². The summed E-state index contributed by atoms with van der Waals surface area (Å²) in [6, 6.07) is 0. The zero-order valence-corrected chi connectivity index (χ0v) is 9.78. The van der Waals surface area contributed by atoms with Crippen LogP contribution >= 0.6 is 0 Å². The minimum absolute atomic E-state index is 0.274. The van der Waals surface area contributed by atoms with Crippen LogP contribution in [0.5, 0.6) is 0 Å². The minimum atomic E-state index is 0.274. The number of rotatable bonds is 4. The lowest BCUT2D eigenvalue weighted by molar-refractivity contribution is -0.121. The van der Waals surface area contributed by atoms with Gasteiger partial charge < -0.3 is 0 Å². The molecule has 2 nitrogen and oxygen atoms in total. The summed E-state index contributed by atoms with van der Waals surface area (Å²) in [4.78, 5) is 22.8. The van der Waals surface area contributed by atoms with Gasteiger partial charge in [-0.1, -0.05) is 12.2 Å². The van der Waals surface area contributed by atoms with Gasteiger partial charge in [0.1, 0.15) is 11.6 Å². The van der Waals surface area contributed by atoms with Crippen LogP contribution in [0.15, 0.2) is 12.2 Å². The van der Waals surface area contributed by atoms with Gasteiger partial charge in [-0.3, -0.25) is 9.59 Å². The summed E-state index contributed by atoms with van der Waals surface area (Å²) in [6.07, 6.45) is 11.8. The van der Waals surface area contributed by atoms with Crippen molar-refractivity contribution in [1.29, 1.82) is 0 Å². The standard InChI is InChI=1S/C14H20O2/c15-13-9-3-7-11(13)5-1-2-6-12-8-4-10-14(12)16/h1-2,11-12H,3-10H2. The van der Waals surface area contributed by atoms with Crippen LogP contribution in [0.1, 0.15) is 51.4 Å². The first kappa shape index (κ1) is 11.6. The Morgan fingerprint density at radius 1 is 0.875 bits per heavy atom. The molecule has 88 valence electrons. The van der Waals surface area contributed by atoms with Gasteiger partial charge in [0.2, 0.25) is 0 Å². The van der Waals surface area contributed by atoms with Crippen molar-refractivity contribution < 1.29 is 9.59 Å². The Balaban J connectivity index is 1.69. The molecule has 0 bridgehead atoms. The summed E-state index contributed by atoms with van der Waals surface area (Å²) in [7, 11) is 0. The van der Waals surface area contributed by atoms with Crippen LogP contribution < -0.4 is 0 Å². The number of carbonyl (C=O) groups excluding carboxylic acids is 2. The van der Waals surface area contributed by atoms with E-state index in [1.54, 1.807) is 0 Å². The molecule has 0 saturated heterocycles. The molecule has 0 spiro atoms. The van der Waals surface area contributed by atoms with Gasteiger partial charge in [0.15, 0.2) is 0 Å². The highest BCUT2D eigenvalue weighted by molar-refractivity contribution is 5.83. The van der Waals surface area contributed by atoms with Crippen molar-refractivity contribution in [2.24, 2.45) is 11.8 Å². The molecule has 0 heterocycles. The molecule has 2 atom stereocenters. The predicted octanol–water partition coefficient (Wildman–Crippen LogP) is 3.06. The maximum atomic E-state index is 11.4. The van der Waals surface area contributed by atoms with Crippen molar-refractivity contribution in [2.45, 2.75) is 51.4 Å². The number of allylic oxidation sites excluding steroid dienone is 2. The van der Waals surface area contributed by atoms with E-state index in [4.69, 9.17) is 0 Å². The largest absolute Gasteiger partial charge is 0.299 e. The SMILES string of the molecule is O=C1CCCC1CC=CCC1CCCC1=O. The van der Waals surface area contributed by atoms with Gasteiger partial charge in [-0.25, -0.2) is 0 Å². The first-order valence-electron chi connectivity index (χ1n) is 6.48. The smallest absolute Gasteiger partial charge is 0.136 e. The van der Waals surface area contributed by atoms with Gasteiger partial charge in [0, 0.05) is 24.7 Å². The Bertz CT molecular complexity index is 274. The van der Waals surface area contributed by atoms with Gasteiger partial charge in [0.25, 0.3) is 0 Å². The van der Waals surface area contributed by atoms with Gasteiger partial charge in [-0.15, -0.1) is 0 Å². The van der Waals surface area contributed by atoms with Crippen LogP contribution in [0.3, 0.4) is 0 Å². The lowest BCUT2D eigenvalue weighted by Crippen LogP contribution is -2.05. The van der Waals surface area contributed by atoms with Crippen molar-refractivity contribution in [2.75, 3.05) is 0 Å². The zero-order valence-electron chi connectivity index (χ0n) is 9.78. The van der Waals surface area contributed by atoms with Crippen LogP contribution in [0.2, 0.25) is 0 Å². The minimum Gasteiger partial charge on any atom is -0.299 e. The van der Waals surface area contributed by atoms with E-state index in [1.807, 2.05) is 0 Å². The number of hydrogen-bond donors (Lipinski definition) is 0. The highest BCUT2D eigenvalue weighted by Crippen LogP contribution is 2.26. The second kappa shape index (κ2) is 5.42. The van der Waals surface area contributed by atoms with Crippen LogP contribution in [0, 0.1) is 11.8 Å². The Hall–Kier alpha value is -0.920. The average molecular weight is 220 g/mol. The third-order valence-electron chi connectivity index (χ3n) is 3.87. The van der Waals surface area contributed by atoms with E-state index < -0.39 is 0 Å². The molecule has 2 aliphatic rings. The molecule has 0 N–H and O–H groups in total. The lowest BCUT2D eigenvalue weighted by atomic mass is 10.00. The molecule has 16 heavy (non-hydrogen) atoms. The molecule has 0 aromatic heterocycles. The molecule has 0 amide bonds. The van der Waals surface area contributed by atoms with Crippen molar-refractivity contribution in [1.82, 2.24) is 0 Å².